The summed E-state index contributed by atoms with van der Waals surface area (Å²) in [6.07, 6.45) is 1.43. The molecule has 1 aliphatic heterocycles. The number of aromatic amines is 1. The number of phenols is 1. The number of aromatic nitrogens is 1. The fraction of sp³-hybridized carbons (Fsp3) is 0.0769. The highest BCUT2D eigenvalue weighted by Crippen LogP contribution is 2.34. The molecule has 8 heteroatoms. The molecule has 2 heterocycles. The zero-order valence-electron chi connectivity index (χ0n) is 10.7. The number of aromatic hydroxyl groups is 1. The standard InChI is InChI=1S/C13H11FN4O3/c14-9-3-8(7-1-2-11(20)15-5-7)4-10(19)13(9)18-6-12(21)16-17-18/h1-5,17,19H,6H2,(H,15,20)(H,16,21). The summed E-state index contributed by atoms with van der Waals surface area (Å²) in [5.41, 5.74) is 5.32. The molecule has 0 spiro atoms. The van der Waals surface area contributed by atoms with Gasteiger partial charge in [-0.3, -0.25) is 20.0 Å². The largest absolute Gasteiger partial charge is 0.506 e. The van der Waals surface area contributed by atoms with E-state index in [1.165, 1.54) is 35.5 Å². The lowest BCUT2D eigenvalue weighted by atomic mass is 10.1. The molecule has 3 rings (SSSR count). The van der Waals surface area contributed by atoms with Crippen molar-refractivity contribution in [1.82, 2.24) is 15.9 Å². The van der Waals surface area contributed by atoms with Crippen molar-refractivity contribution >= 4 is 11.6 Å². The molecule has 1 fully saturated rings. The van der Waals surface area contributed by atoms with Crippen LogP contribution in [0.3, 0.4) is 0 Å². The molecule has 0 aliphatic carbocycles. The van der Waals surface area contributed by atoms with Gasteiger partial charge >= 0.3 is 0 Å². The van der Waals surface area contributed by atoms with Crippen LogP contribution in [-0.2, 0) is 4.79 Å². The molecule has 0 bridgehead atoms. The van der Waals surface area contributed by atoms with Gasteiger partial charge in [0.25, 0.3) is 5.91 Å². The smallest absolute Gasteiger partial charge is 0.256 e. The molecule has 1 aromatic heterocycles. The van der Waals surface area contributed by atoms with E-state index in [4.69, 9.17) is 0 Å². The number of phenolic OH excluding ortho intramolecular Hbond substituents is 1. The number of hydrazine groups is 2. The van der Waals surface area contributed by atoms with Crippen LogP contribution < -0.4 is 21.5 Å². The Kier molecular flexibility index (Phi) is 3.07. The molecule has 21 heavy (non-hydrogen) atoms. The number of hydrogen-bond acceptors (Lipinski definition) is 5. The Bertz CT molecular complexity index is 731. The highest BCUT2D eigenvalue weighted by Gasteiger charge is 2.25. The van der Waals surface area contributed by atoms with Crippen molar-refractivity contribution in [3.8, 4) is 16.9 Å². The predicted molar refractivity (Wildman–Crippen MR) is 72.7 cm³/mol. The lowest BCUT2D eigenvalue weighted by Crippen LogP contribution is -2.36. The number of pyridine rings is 1. The maximum absolute atomic E-state index is 14.2. The first-order chi connectivity index (χ1) is 10.0. The van der Waals surface area contributed by atoms with Gasteiger partial charge in [0.1, 0.15) is 18.0 Å². The van der Waals surface area contributed by atoms with Crippen molar-refractivity contribution < 1.29 is 14.3 Å². The highest BCUT2D eigenvalue weighted by molar-refractivity contribution is 5.84. The van der Waals surface area contributed by atoms with Gasteiger partial charge in [0.05, 0.1) is 0 Å². The summed E-state index contributed by atoms with van der Waals surface area (Å²) in [5, 5.41) is 11.2. The first-order valence-electron chi connectivity index (χ1n) is 6.08. The van der Waals surface area contributed by atoms with Crippen LogP contribution in [0, 0.1) is 5.82 Å². The van der Waals surface area contributed by atoms with Crippen molar-refractivity contribution in [2.24, 2.45) is 0 Å². The van der Waals surface area contributed by atoms with Crippen molar-refractivity contribution in [1.29, 1.82) is 0 Å². The van der Waals surface area contributed by atoms with Crippen molar-refractivity contribution in [3.05, 3.63) is 46.6 Å². The van der Waals surface area contributed by atoms with Crippen molar-refractivity contribution in [2.45, 2.75) is 0 Å². The molecule has 0 atom stereocenters. The maximum Gasteiger partial charge on any atom is 0.256 e. The monoisotopic (exact) mass is 290 g/mol. The van der Waals surface area contributed by atoms with E-state index < -0.39 is 5.82 Å². The second-order valence-corrected chi connectivity index (χ2v) is 4.51. The molecule has 4 N–H and O–H groups in total. The van der Waals surface area contributed by atoms with Crippen molar-refractivity contribution in [3.63, 3.8) is 0 Å². The summed E-state index contributed by atoms with van der Waals surface area (Å²) >= 11 is 0. The summed E-state index contributed by atoms with van der Waals surface area (Å²) in [5.74, 6) is -1.35. The quantitative estimate of drug-likeness (QED) is 0.635. The number of H-pyrrole nitrogens is 1. The van der Waals surface area contributed by atoms with E-state index in [-0.39, 0.29) is 29.4 Å². The van der Waals surface area contributed by atoms with E-state index in [1.807, 2.05) is 0 Å². The van der Waals surface area contributed by atoms with Crippen LogP contribution in [0.2, 0.25) is 0 Å². The minimum Gasteiger partial charge on any atom is -0.506 e. The Hall–Kier alpha value is -2.87. The number of rotatable bonds is 2. The molecule has 108 valence electrons. The molecule has 2 aromatic rings. The van der Waals surface area contributed by atoms with E-state index in [0.717, 1.165) is 0 Å². The van der Waals surface area contributed by atoms with Gasteiger partial charge in [-0.05, 0) is 29.3 Å². The number of anilines is 1. The van der Waals surface area contributed by atoms with E-state index in [2.05, 4.69) is 15.9 Å². The minimum atomic E-state index is -0.694. The Morgan fingerprint density at radius 3 is 2.57 bits per heavy atom. The highest BCUT2D eigenvalue weighted by atomic mass is 19.1. The first kappa shape index (κ1) is 13.1. The molecule has 0 unspecified atom stereocenters. The van der Waals surface area contributed by atoms with Gasteiger partial charge in [0, 0.05) is 12.3 Å². The van der Waals surface area contributed by atoms with Crippen LogP contribution in [-0.4, -0.2) is 22.5 Å². The van der Waals surface area contributed by atoms with Crippen LogP contribution in [0.1, 0.15) is 0 Å². The number of hydrogen-bond donors (Lipinski definition) is 4. The molecule has 7 nitrogen and oxygen atoms in total. The molecule has 1 aromatic carbocycles. The molecule has 1 aliphatic rings. The third kappa shape index (κ3) is 2.43. The van der Waals surface area contributed by atoms with Crippen LogP contribution in [0.5, 0.6) is 5.75 Å². The number of amides is 1. The third-order valence-corrected chi connectivity index (χ3v) is 3.06. The van der Waals surface area contributed by atoms with Crippen LogP contribution in [0.15, 0.2) is 35.3 Å². The Labute approximate surface area is 118 Å². The number of nitrogens with zero attached hydrogens (tertiary/aromatic N) is 1. The number of benzene rings is 1. The lowest BCUT2D eigenvalue weighted by molar-refractivity contribution is -0.118. The van der Waals surface area contributed by atoms with Crippen molar-refractivity contribution in [2.75, 3.05) is 11.6 Å². The van der Waals surface area contributed by atoms with Crippen LogP contribution in [0.25, 0.3) is 11.1 Å². The Balaban J connectivity index is 2.01. The zero-order chi connectivity index (χ0) is 15.0. The van der Waals surface area contributed by atoms with Crippen LogP contribution in [0.4, 0.5) is 10.1 Å². The van der Waals surface area contributed by atoms with Gasteiger partial charge in [-0.25, -0.2) is 4.39 Å². The SMILES string of the molecule is O=C1CN(c2c(O)cc(-c3ccc(=O)[nH]c3)cc2F)NN1. The lowest BCUT2D eigenvalue weighted by Gasteiger charge is -2.18. The fourth-order valence-corrected chi connectivity index (χ4v) is 2.10. The van der Waals surface area contributed by atoms with E-state index >= 15 is 0 Å². The fourth-order valence-electron chi connectivity index (χ4n) is 2.10. The van der Waals surface area contributed by atoms with E-state index in [0.29, 0.717) is 11.1 Å². The summed E-state index contributed by atoms with van der Waals surface area (Å²) in [6, 6.07) is 5.40. The number of carbonyl (C=O) groups excluding carboxylic acids is 1. The first-order valence-corrected chi connectivity index (χ1v) is 6.08. The average molecular weight is 290 g/mol. The predicted octanol–water partition coefficient (Wildman–Crippen LogP) is 0.242. The Morgan fingerprint density at radius 1 is 1.19 bits per heavy atom. The van der Waals surface area contributed by atoms with Gasteiger partial charge in [0.2, 0.25) is 5.56 Å². The molecule has 1 amide bonds. The summed E-state index contributed by atoms with van der Waals surface area (Å²) in [4.78, 5) is 24.6. The van der Waals surface area contributed by atoms with Gasteiger partial charge in [-0.2, -0.15) is 0 Å². The average Bonchev–Trinajstić information content (AvgIpc) is 2.85. The Morgan fingerprint density at radius 2 is 2.00 bits per heavy atom. The number of carbonyl (C=O) groups is 1. The number of halogens is 1. The van der Waals surface area contributed by atoms with Gasteiger partial charge < -0.3 is 10.1 Å². The minimum absolute atomic E-state index is 0.109. The second-order valence-electron chi connectivity index (χ2n) is 4.51. The summed E-state index contributed by atoms with van der Waals surface area (Å²) in [7, 11) is 0. The zero-order valence-corrected chi connectivity index (χ0v) is 10.7. The van der Waals surface area contributed by atoms with E-state index in [1.54, 1.807) is 0 Å². The van der Waals surface area contributed by atoms with E-state index in [9.17, 15) is 19.1 Å². The van der Waals surface area contributed by atoms with Gasteiger partial charge in [0.15, 0.2) is 5.82 Å². The molecule has 0 radical (unpaired) electrons. The van der Waals surface area contributed by atoms with Gasteiger partial charge in [-0.15, -0.1) is 5.53 Å². The summed E-state index contributed by atoms with van der Waals surface area (Å²) < 4.78 is 14.2. The van der Waals surface area contributed by atoms with Gasteiger partial charge in [-0.1, -0.05) is 0 Å². The third-order valence-electron chi connectivity index (χ3n) is 3.06. The van der Waals surface area contributed by atoms with Crippen LogP contribution >= 0.6 is 0 Å². The summed E-state index contributed by atoms with van der Waals surface area (Å²) in [6.45, 7) is -0.109. The maximum atomic E-state index is 14.2. The molecule has 0 saturated carbocycles. The number of nitrogens with one attached hydrogen (secondary N) is 3. The second kappa shape index (κ2) is 4.91. The normalized spacial score (nSPS) is 14.3. The molecule has 1 saturated heterocycles. The topological polar surface area (TPSA) is 97.5 Å². The molecular weight excluding hydrogens is 279 g/mol. The molecular formula is C13H11FN4O3.